The molecule has 1 aromatic rings. The van der Waals surface area contributed by atoms with Crippen molar-refractivity contribution >= 4 is 13.7 Å². The van der Waals surface area contributed by atoms with E-state index in [4.69, 9.17) is 19.5 Å². The first-order valence-electron chi connectivity index (χ1n) is 8.11. The lowest BCUT2D eigenvalue weighted by Crippen LogP contribution is -2.36. The maximum atomic E-state index is 12.9. The van der Waals surface area contributed by atoms with Crippen LogP contribution in [0.1, 0.15) is 32.3 Å². The highest BCUT2D eigenvalue weighted by atomic mass is 31.2. The largest absolute Gasteiger partial charge is 0.445 e. The van der Waals surface area contributed by atoms with E-state index in [-0.39, 0.29) is 19.8 Å². The first-order chi connectivity index (χ1) is 11.6. The minimum absolute atomic E-state index is 0.129. The van der Waals surface area contributed by atoms with Gasteiger partial charge in [0.1, 0.15) is 12.4 Å². The van der Waals surface area contributed by atoms with E-state index >= 15 is 0 Å². The average molecular weight is 358 g/mol. The fraction of sp³-hybridized carbons (Fsp3) is 0.562. The molecule has 1 rings (SSSR count). The predicted molar refractivity (Wildman–Crippen MR) is 92.7 cm³/mol. The van der Waals surface area contributed by atoms with Crippen molar-refractivity contribution in [1.82, 2.24) is 5.32 Å². The topological polar surface area (TPSA) is 99.9 Å². The Hall–Kier alpha value is -1.40. The van der Waals surface area contributed by atoms with Crippen molar-refractivity contribution in [1.29, 1.82) is 0 Å². The number of amides is 1. The molecule has 1 atom stereocenters. The Balaban J connectivity index is 2.69. The van der Waals surface area contributed by atoms with Gasteiger partial charge < -0.3 is 24.8 Å². The number of hydrogen-bond donors (Lipinski definition) is 2. The van der Waals surface area contributed by atoms with Crippen molar-refractivity contribution < 1.29 is 23.1 Å². The van der Waals surface area contributed by atoms with Crippen LogP contribution in [0.4, 0.5) is 4.79 Å². The van der Waals surface area contributed by atoms with Gasteiger partial charge in [-0.25, -0.2) is 4.79 Å². The molecule has 0 aliphatic heterocycles. The van der Waals surface area contributed by atoms with Crippen LogP contribution in [-0.2, 0) is 25.0 Å². The van der Waals surface area contributed by atoms with Crippen molar-refractivity contribution in [3.63, 3.8) is 0 Å². The van der Waals surface area contributed by atoms with Gasteiger partial charge in [-0.15, -0.1) is 0 Å². The highest BCUT2D eigenvalue weighted by molar-refractivity contribution is 7.54. The molecule has 0 spiro atoms. The van der Waals surface area contributed by atoms with Crippen molar-refractivity contribution in [2.75, 3.05) is 19.8 Å². The number of hydrogen-bond acceptors (Lipinski definition) is 6. The number of carbonyl (C=O) groups is 1. The molecule has 3 N–H and O–H groups in total. The summed E-state index contributed by atoms with van der Waals surface area (Å²) < 4.78 is 28.7. The van der Waals surface area contributed by atoms with E-state index < -0.39 is 19.5 Å². The lowest BCUT2D eigenvalue weighted by Gasteiger charge is -2.26. The molecule has 0 bridgehead atoms. The van der Waals surface area contributed by atoms with Crippen LogP contribution in [0.3, 0.4) is 0 Å². The summed E-state index contributed by atoms with van der Waals surface area (Å²) in [4.78, 5) is 12.0. The first-order valence-corrected chi connectivity index (χ1v) is 9.73. The zero-order chi connectivity index (χ0) is 17.8. The summed E-state index contributed by atoms with van der Waals surface area (Å²) in [6.45, 7) is 4.42. The van der Waals surface area contributed by atoms with Gasteiger partial charge in [0.15, 0.2) is 0 Å². The van der Waals surface area contributed by atoms with Crippen molar-refractivity contribution in [2.24, 2.45) is 5.73 Å². The van der Waals surface area contributed by atoms with Crippen LogP contribution in [0.2, 0.25) is 0 Å². The van der Waals surface area contributed by atoms with Crippen LogP contribution in [0, 0.1) is 0 Å². The first kappa shape index (κ1) is 20.6. The van der Waals surface area contributed by atoms with E-state index in [1.807, 2.05) is 30.3 Å². The normalized spacial score (nSPS) is 12.6. The van der Waals surface area contributed by atoms with Crippen LogP contribution in [0.25, 0.3) is 0 Å². The lowest BCUT2D eigenvalue weighted by molar-refractivity contribution is 0.134. The summed E-state index contributed by atoms with van der Waals surface area (Å²) >= 11 is 0. The number of rotatable bonds is 11. The summed E-state index contributed by atoms with van der Waals surface area (Å²) in [6, 6.07) is 9.31. The fourth-order valence-corrected chi connectivity index (χ4v) is 4.01. The molecule has 24 heavy (non-hydrogen) atoms. The Morgan fingerprint density at radius 1 is 1.21 bits per heavy atom. The number of alkyl carbamates (subject to hydrolysis) is 1. The van der Waals surface area contributed by atoms with Gasteiger partial charge in [-0.1, -0.05) is 30.3 Å². The Morgan fingerprint density at radius 2 is 1.83 bits per heavy atom. The second-order valence-corrected chi connectivity index (χ2v) is 7.25. The van der Waals surface area contributed by atoms with Crippen LogP contribution in [0.15, 0.2) is 30.3 Å². The monoisotopic (exact) mass is 358 g/mol. The third-order valence-corrected chi connectivity index (χ3v) is 5.57. The second kappa shape index (κ2) is 11.2. The van der Waals surface area contributed by atoms with Gasteiger partial charge in [-0.2, -0.15) is 0 Å². The van der Waals surface area contributed by atoms with E-state index in [0.717, 1.165) is 5.56 Å². The minimum atomic E-state index is -3.48. The zero-order valence-electron chi connectivity index (χ0n) is 14.3. The van der Waals surface area contributed by atoms with Crippen molar-refractivity contribution in [2.45, 2.75) is 39.1 Å². The molecule has 1 aromatic carbocycles. The number of nitrogens with two attached hydrogens (primary N) is 1. The van der Waals surface area contributed by atoms with Gasteiger partial charge in [-0.3, -0.25) is 4.57 Å². The molecule has 0 saturated heterocycles. The molecule has 0 aliphatic rings. The van der Waals surface area contributed by atoms with E-state index in [2.05, 4.69) is 5.32 Å². The maximum Gasteiger partial charge on any atom is 0.408 e. The van der Waals surface area contributed by atoms with E-state index in [0.29, 0.717) is 19.4 Å². The summed E-state index contributed by atoms with van der Waals surface area (Å²) in [6.07, 6.45) is 0.294. The molecule has 0 saturated carbocycles. The highest BCUT2D eigenvalue weighted by Gasteiger charge is 2.36. The number of nitrogens with one attached hydrogen (secondary N) is 1. The number of carbonyl (C=O) groups excluding carboxylic acids is 1. The Bertz CT molecular complexity index is 516. The molecule has 0 aromatic heterocycles. The lowest BCUT2D eigenvalue weighted by atomic mass is 10.2. The molecule has 0 aliphatic carbocycles. The molecule has 8 heteroatoms. The van der Waals surface area contributed by atoms with E-state index in [1.165, 1.54) is 0 Å². The Labute approximate surface area is 143 Å². The number of benzene rings is 1. The quantitative estimate of drug-likeness (QED) is 0.589. The molecule has 7 nitrogen and oxygen atoms in total. The second-order valence-electron chi connectivity index (χ2n) is 5.03. The van der Waals surface area contributed by atoms with Gasteiger partial charge in [0.25, 0.3) is 0 Å². The third kappa shape index (κ3) is 7.01. The fourth-order valence-electron chi connectivity index (χ4n) is 2.10. The van der Waals surface area contributed by atoms with Crippen LogP contribution in [-0.4, -0.2) is 31.6 Å². The van der Waals surface area contributed by atoms with E-state index in [1.54, 1.807) is 13.8 Å². The van der Waals surface area contributed by atoms with Crippen molar-refractivity contribution in [3.05, 3.63) is 35.9 Å². The smallest absolute Gasteiger partial charge is 0.408 e. The molecule has 1 amide bonds. The summed E-state index contributed by atoms with van der Waals surface area (Å²) in [5.74, 6) is -0.788. The van der Waals surface area contributed by atoms with Crippen LogP contribution < -0.4 is 11.1 Å². The highest BCUT2D eigenvalue weighted by Crippen LogP contribution is 2.53. The van der Waals surface area contributed by atoms with Crippen LogP contribution in [0.5, 0.6) is 0 Å². The van der Waals surface area contributed by atoms with Gasteiger partial charge >= 0.3 is 13.7 Å². The molecule has 0 heterocycles. The van der Waals surface area contributed by atoms with E-state index in [9.17, 15) is 9.36 Å². The Kier molecular flexibility index (Phi) is 9.64. The maximum absolute atomic E-state index is 12.9. The van der Waals surface area contributed by atoms with Crippen molar-refractivity contribution in [3.8, 4) is 0 Å². The molecule has 0 radical (unpaired) electrons. The minimum Gasteiger partial charge on any atom is -0.445 e. The van der Waals surface area contributed by atoms with Gasteiger partial charge in [-0.05, 0) is 38.8 Å². The molecular formula is C16H27N2O5P. The zero-order valence-corrected chi connectivity index (χ0v) is 15.2. The summed E-state index contributed by atoms with van der Waals surface area (Å²) in [5.41, 5.74) is 6.38. The predicted octanol–water partition coefficient (Wildman–Crippen LogP) is 3.24. The van der Waals surface area contributed by atoms with Gasteiger partial charge in [0.2, 0.25) is 0 Å². The SMILES string of the molecule is CCOP(=O)(OCC)C(CCCN)NC(=O)OCc1ccccc1. The standard InChI is InChI=1S/C16H27N2O5P/c1-3-22-24(20,23-4-2)15(11-8-12-17)18-16(19)21-13-14-9-6-5-7-10-14/h5-7,9-10,15H,3-4,8,11-13,17H2,1-2H3,(H,18,19). The number of ether oxygens (including phenoxy) is 1. The van der Waals surface area contributed by atoms with Gasteiger partial charge in [0, 0.05) is 0 Å². The Morgan fingerprint density at radius 3 is 2.38 bits per heavy atom. The molecular weight excluding hydrogens is 331 g/mol. The van der Waals surface area contributed by atoms with Gasteiger partial charge in [0.05, 0.1) is 13.2 Å². The molecule has 136 valence electrons. The molecule has 0 fully saturated rings. The molecule has 1 unspecified atom stereocenters. The van der Waals surface area contributed by atoms with Crippen LogP contribution >= 0.6 is 7.60 Å². The third-order valence-electron chi connectivity index (χ3n) is 3.18. The average Bonchev–Trinajstić information content (AvgIpc) is 2.58. The summed E-state index contributed by atoms with van der Waals surface area (Å²) in [5, 5.41) is 2.60. The summed E-state index contributed by atoms with van der Waals surface area (Å²) in [7, 11) is -3.48.